The number of hydrogen-bond donors (Lipinski definition) is 1. The van der Waals surface area contributed by atoms with E-state index in [1.54, 1.807) is 49.6 Å². The average molecular weight is 447 g/mol. The lowest BCUT2D eigenvalue weighted by molar-refractivity contribution is -0.111. The van der Waals surface area contributed by atoms with Crippen molar-refractivity contribution in [1.29, 1.82) is 0 Å². The lowest BCUT2D eigenvalue weighted by Gasteiger charge is -2.10. The standard InChI is InChI=1S/C26H26N2O5/c1-17-15-22(18(2)28(17)3)24(29)16-33-26(31)21-7-5-6-8-23(21)27-25(30)14-11-19-9-12-20(32-4)13-10-19/h5-15H,16H2,1-4H3,(H,27,30)/b14-11+. The molecule has 7 heteroatoms. The summed E-state index contributed by atoms with van der Waals surface area (Å²) < 4.78 is 12.3. The molecule has 1 N–H and O–H groups in total. The Morgan fingerprint density at radius 3 is 2.33 bits per heavy atom. The maximum absolute atomic E-state index is 12.6. The van der Waals surface area contributed by atoms with Gasteiger partial charge in [-0.1, -0.05) is 24.3 Å². The van der Waals surface area contributed by atoms with Gasteiger partial charge in [0.15, 0.2) is 6.61 Å². The van der Waals surface area contributed by atoms with Crippen molar-refractivity contribution >= 4 is 29.4 Å². The second-order valence-electron chi connectivity index (χ2n) is 7.48. The minimum atomic E-state index is -0.691. The number of ketones is 1. The van der Waals surface area contributed by atoms with Crippen molar-refractivity contribution in [3.63, 3.8) is 0 Å². The normalized spacial score (nSPS) is 10.8. The SMILES string of the molecule is COc1ccc(/C=C/C(=O)Nc2ccccc2C(=O)OCC(=O)c2cc(C)n(C)c2C)cc1. The first-order chi connectivity index (χ1) is 15.8. The minimum absolute atomic E-state index is 0.164. The summed E-state index contributed by atoms with van der Waals surface area (Å²) in [5.41, 5.74) is 3.56. The quantitative estimate of drug-likeness (QED) is 0.316. The van der Waals surface area contributed by atoms with Crippen LogP contribution >= 0.6 is 0 Å². The number of nitrogens with one attached hydrogen (secondary N) is 1. The number of methoxy groups -OCH3 is 1. The number of ether oxygens (including phenoxy) is 2. The van der Waals surface area contributed by atoms with Gasteiger partial charge in [0, 0.05) is 30.1 Å². The highest BCUT2D eigenvalue weighted by molar-refractivity contribution is 6.07. The number of benzene rings is 2. The number of esters is 1. The van der Waals surface area contributed by atoms with Gasteiger partial charge in [0.25, 0.3) is 0 Å². The van der Waals surface area contributed by atoms with Gasteiger partial charge in [-0.15, -0.1) is 0 Å². The van der Waals surface area contributed by atoms with E-state index in [-0.39, 0.29) is 18.0 Å². The number of amides is 1. The van der Waals surface area contributed by atoms with Crippen LogP contribution in [0.2, 0.25) is 0 Å². The molecule has 2 aromatic carbocycles. The van der Waals surface area contributed by atoms with Gasteiger partial charge in [0.2, 0.25) is 11.7 Å². The summed E-state index contributed by atoms with van der Waals surface area (Å²) >= 11 is 0. The number of Topliss-reactive ketones (excluding diaryl/α,β-unsaturated/α-hetero) is 1. The largest absolute Gasteiger partial charge is 0.497 e. The molecule has 0 spiro atoms. The molecular formula is C26H26N2O5. The summed E-state index contributed by atoms with van der Waals surface area (Å²) in [5, 5.41) is 2.68. The highest BCUT2D eigenvalue weighted by Gasteiger charge is 2.18. The molecule has 33 heavy (non-hydrogen) atoms. The maximum atomic E-state index is 12.6. The predicted octanol–water partition coefficient (Wildman–Crippen LogP) is 4.34. The van der Waals surface area contributed by atoms with Crippen molar-refractivity contribution < 1.29 is 23.9 Å². The van der Waals surface area contributed by atoms with Crippen molar-refractivity contribution in [3.8, 4) is 5.75 Å². The Balaban J connectivity index is 1.64. The van der Waals surface area contributed by atoms with Gasteiger partial charge in [0.05, 0.1) is 18.4 Å². The zero-order valence-electron chi connectivity index (χ0n) is 19.0. The van der Waals surface area contributed by atoms with E-state index in [0.29, 0.717) is 11.3 Å². The molecular weight excluding hydrogens is 420 g/mol. The predicted molar refractivity (Wildman–Crippen MR) is 127 cm³/mol. The number of carbonyl (C=O) groups is 3. The van der Waals surface area contributed by atoms with Gasteiger partial charge in [-0.3, -0.25) is 9.59 Å². The van der Waals surface area contributed by atoms with Crippen LogP contribution in [-0.2, 0) is 16.6 Å². The van der Waals surface area contributed by atoms with E-state index in [4.69, 9.17) is 9.47 Å². The third-order valence-corrected chi connectivity index (χ3v) is 5.36. The zero-order chi connectivity index (χ0) is 24.0. The first-order valence-electron chi connectivity index (χ1n) is 10.4. The third-order valence-electron chi connectivity index (χ3n) is 5.36. The van der Waals surface area contributed by atoms with Crippen LogP contribution in [0.15, 0.2) is 60.7 Å². The Labute approximate surface area is 192 Å². The first-order valence-corrected chi connectivity index (χ1v) is 10.4. The molecule has 1 aromatic heterocycles. The monoisotopic (exact) mass is 446 g/mol. The van der Waals surface area contributed by atoms with Gasteiger partial charge >= 0.3 is 5.97 Å². The van der Waals surface area contributed by atoms with Crippen LogP contribution in [0.5, 0.6) is 5.75 Å². The maximum Gasteiger partial charge on any atom is 0.340 e. The van der Waals surface area contributed by atoms with Crippen molar-refractivity contribution in [3.05, 3.63) is 88.8 Å². The zero-order valence-corrected chi connectivity index (χ0v) is 19.0. The number of anilines is 1. The molecule has 0 fully saturated rings. The highest BCUT2D eigenvalue weighted by Crippen LogP contribution is 2.18. The van der Waals surface area contributed by atoms with Crippen LogP contribution in [0.3, 0.4) is 0 Å². The second-order valence-corrected chi connectivity index (χ2v) is 7.48. The summed E-state index contributed by atoms with van der Waals surface area (Å²) in [4.78, 5) is 37.5. The second kappa shape index (κ2) is 10.5. The smallest absolute Gasteiger partial charge is 0.340 e. The van der Waals surface area contributed by atoms with E-state index in [0.717, 1.165) is 22.7 Å². The molecule has 170 valence electrons. The number of hydrogen-bond acceptors (Lipinski definition) is 5. The van der Waals surface area contributed by atoms with E-state index < -0.39 is 11.9 Å². The number of aryl methyl sites for hydroxylation is 1. The molecule has 0 saturated heterocycles. The highest BCUT2D eigenvalue weighted by atomic mass is 16.5. The topological polar surface area (TPSA) is 86.6 Å². The van der Waals surface area contributed by atoms with Crippen LogP contribution < -0.4 is 10.1 Å². The lowest BCUT2D eigenvalue weighted by Crippen LogP contribution is -2.17. The summed E-state index contributed by atoms with van der Waals surface area (Å²) in [6, 6.07) is 15.5. The van der Waals surface area contributed by atoms with Crippen LogP contribution in [-0.4, -0.2) is 35.9 Å². The van der Waals surface area contributed by atoms with Gasteiger partial charge in [-0.2, -0.15) is 0 Å². The molecule has 1 amide bonds. The lowest BCUT2D eigenvalue weighted by atomic mass is 10.1. The Morgan fingerprint density at radius 2 is 1.70 bits per heavy atom. The molecule has 0 saturated carbocycles. The number of para-hydroxylation sites is 1. The molecule has 0 atom stereocenters. The number of rotatable bonds is 8. The van der Waals surface area contributed by atoms with E-state index in [9.17, 15) is 14.4 Å². The summed E-state index contributed by atoms with van der Waals surface area (Å²) in [6.07, 6.45) is 3.02. The molecule has 0 radical (unpaired) electrons. The molecule has 0 aliphatic rings. The molecule has 0 aliphatic heterocycles. The van der Waals surface area contributed by atoms with Crippen LogP contribution in [0.25, 0.3) is 6.08 Å². The molecule has 1 heterocycles. The summed E-state index contributed by atoms with van der Waals surface area (Å²) in [7, 11) is 3.45. The third kappa shape index (κ3) is 5.77. The molecule has 0 bridgehead atoms. The van der Waals surface area contributed by atoms with Crippen LogP contribution in [0.1, 0.15) is 37.7 Å². The molecule has 0 aliphatic carbocycles. The van der Waals surface area contributed by atoms with E-state index in [1.807, 2.05) is 37.6 Å². The van der Waals surface area contributed by atoms with Crippen molar-refractivity contribution in [2.75, 3.05) is 19.0 Å². The van der Waals surface area contributed by atoms with Gasteiger partial charge < -0.3 is 19.4 Å². The van der Waals surface area contributed by atoms with Crippen molar-refractivity contribution in [1.82, 2.24) is 4.57 Å². The van der Waals surface area contributed by atoms with Gasteiger partial charge in [-0.05, 0) is 55.8 Å². The molecule has 0 unspecified atom stereocenters. The fourth-order valence-electron chi connectivity index (χ4n) is 3.26. The fourth-order valence-corrected chi connectivity index (χ4v) is 3.26. The Hall–Kier alpha value is -4.13. The number of carbonyl (C=O) groups excluding carboxylic acids is 3. The van der Waals surface area contributed by atoms with Gasteiger partial charge in [0.1, 0.15) is 5.75 Å². The van der Waals surface area contributed by atoms with Crippen LogP contribution in [0, 0.1) is 13.8 Å². The van der Waals surface area contributed by atoms with Gasteiger partial charge in [-0.25, -0.2) is 4.79 Å². The van der Waals surface area contributed by atoms with Crippen molar-refractivity contribution in [2.24, 2.45) is 7.05 Å². The van der Waals surface area contributed by atoms with E-state index >= 15 is 0 Å². The van der Waals surface area contributed by atoms with E-state index in [1.165, 1.54) is 12.1 Å². The van der Waals surface area contributed by atoms with E-state index in [2.05, 4.69) is 5.32 Å². The van der Waals surface area contributed by atoms with Crippen molar-refractivity contribution in [2.45, 2.75) is 13.8 Å². The summed E-state index contributed by atoms with van der Waals surface area (Å²) in [5.74, 6) is -0.658. The molecule has 3 aromatic rings. The number of nitrogens with zero attached hydrogens (tertiary/aromatic N) is 1. The fraction of sp³-hybridized carbons (Fsp3) is 0.192. The Bertz CT molecular complexity index is 1210. The Kier molecular flexibility index (Phi) is 7.46. The first kappa shape index (κ1) is 23.5. The Morgan fingerprint density at radius 1 is 1.00 bits per heavy atom. The number of aromatic nitrogens is 1. The summed E-state index contributed by atoms with van der Waals surface area (Å²) in [6.45, 7) is 3.35. The van der Waals surface area contributed by atoms with Crippen LogP contribution in [0.4, 0.5) is 5.69 Å². The average Bonchev–Trinajstić information content (AvgIpc) is 3.09. The molecule has 7 nitrogen and oxygen atoms in total. The minimum Gasteiger partial charge on any atom is -0.497 e. The molecule has 3 rings (SSSR count).